The Labute approximate surface area is 99.5 Å². The Bertz CT molecular complexity index is 456. The molecule has 0 unspecified atom stereocenters. The van der Waals surface area contributed by atoms with Gasteiger partial charge in [0, 0.05) is 0 Å². The molecule has 0 saturated carbocycles. The Morgan fingerprint density at radius 1 is 1.29 bits per heavy atom. The topological polar surface area (TPSA) is 93.1 Å². The summed E-state index contributed by atoms with van der Waals surface area (Å²) in [5.74, 6) is 0.109. The van der Waals surface area contributed by atoms with E-state index in [-0.39, 0.29) is 6.61 Å². The average Bonchev–Trinajstić information content (AvgIpc) is 2.24. The van der Waals surface area contributed by atoms with E-state index in [1.807, 2.05) is 0 Å². The minimum atomic E-state index is -4.20. The summed E-state index contributed by atoms with van der Waals surface area (Å²) in [4.78, 5) is 0. The van der Waals surface area contributed by atoms with E-state index >= 15 is 0 Å². The molecule has 0 saturated heterocycles. The molecular weight excluding hydrogens is 248 g/mol. The first-order valence-corrected chi connectivity index (χ1v) is 6.42. The molecule has 0 aliphatic heterocycles. The van der Waals surface area contributed by atoms with Gasteiger partial charge < -0.3 is 14.6 Å². The first-order valence-electron chi connectivity index (χ1n) is 4.81. The molecule has 7 heteroatoms. The maximum atomic E-state index is 10.5. The maximum absolute atomic E-state index is 10.5. The molecule has 17 heavy (non-hydrogen) atoms. The average molecular weight is 262 g/mol. The van der Waals surface area contributed by atoms with Gasteiger partial charge in [0.05, 0.1) is 7.11 Å². The molecule has 1 atom stereocenters. The highest BCUT2D eigenvalue weighted by molar-refractivity contribution is 7.85. The van der Waals surface area contributed by atoms with Gasteiger partial charge in [-0.15, -0.1) is 0 Å². The highest BCUT2D eigenvalue weighted by Gasteiger charge is 2.15. The molecule has 0 aliphatic rings. The first kappa shape index (κ1) is 13.8. The second kappa shape index (κ2) is 5.85. The maximum Gasteiger partial charge on any atom is 0.267 e. The van der Waals surface area contributed by atoms with E-state index < -0.39 is 22.0 Å². The summed E-state index contributed by atoms with van der Waals surface area (Å²) in [7, 11) is -2.74. The second-order valence-corrected chi connectivity index (χ2v) is 4.86. The number of aliphatic hydroxyl groups excluding tert-OH is 1. The minimum absolute atomic E-state index is 0.250. The molecule has 96 valence electrons. The Balaban J connectivity index is 2.55. The van der Waals surface area contributed by atoms with Crippen LogP contribution in [0, 0.1) is 0 Å². The van der Waals surface area contributed by atoms with Gasteiger partial charge in [0.1, 0.15) is 18.5 Å². The molecule has 1 aromatic carbocycles. The highest BCUT2D eigenvalue weighted by atomic mass is 32.2. The van der Waals surface area contributed by atoms with Gasteiger partial charge in [0.25, 0.3) is 10.1 Å². The summed E-state index contributed by atoms with van der Waals surface area (Å²) in [6.07, 6.45) is -1.30. The first-order chi connectivity index (χ1) is 7.92. The fourth-order valence-electron chi connectivity index (χ4n) is 1.22. The Morgan fingerprint density at radius 2 is 1.88 bits per heavy atom. The number of hydrogen-bond acceptors (Lipinski definition) is 5. The van der Waals surface area contributed by atoms with E-state index in [1.54, 1.807) is 24.3 Å². The third-order valence-electron chi connectivity index (χ3n) is 1.90. The van der Waals surface area contributed by atoms with Gasteiger partial charge in [-0.25, -0.2) is 0 Å². The summed E-state index contributed by atoms with van der Waals surface area (Å²) >= 11 is 0. The van der Waals surface area contributed by atoms with Gasteiger partial charge in [-0.05, 0) is 12.1 Å². The largest absolute Gasteiger partial charge is 0.493 e. The van der Waals surface area contributed by atoms with Gasteiger partial charge in [-0.3, -0.25) is 4.55 Å². The Hall–Kier alpha value is -1.31. The molecule has 0 amide bonds. The van der Waals surface area contributed by atoms with Crippen molar-refractivity contribution in [2.45, 2.75) is 6.10 Å². The van der Waals surface area contributed by atoms with Crippen molar-refractivity contribution in [2.24, 2.45) is 0 Å². The van der Waals surface area contributed by atoms with Crippen molar-refractivity contribution in [3.05, 3.63) is 24.3 Å². The number of para-hydroxylation sites is 2. The molecule has 0 aromatic heterocycles. The smallest absolute Gasteiger partial charge is 0.267 e. The summed E-state index contributed by atoms with van der Waals surface area (Å²) in [6, 6.07) is 6.76. The number of rotatable bonds is 6. The fourth-order valence-corrected chi connectivity index (χ4v) is 1.80. The molecule has 1 rings (SSSR count). The third-order valence-corrected chi connectivity index (χ3v) is 2.71. The van der Waals surface area contributed by atoms with Crippen molar-refractivity contribution in [3.63, 3.8) is 0 Å². The number of ether oxygens (including phenoxy) is 2. The predicted octanol–water partition coefficient (Wildman–Crippen LogP) is 0.323. The van der Waals surface area contributed by atoms with Crippen LogP contribution in [-0.2, 0) is 10.1 Å². The van der Waals surface area contributed by atoms with Gasteiger partial charge in [-0.1, -0.05) is 12.1 Å². The van der Waals surface area contributed by atoms with Gasteiger partial charge in [0.2, 0.25) is 0 Å². The normalized spacial score (nSPS) is 13.1. The molecule has 0 fully saturated rings. The minimum Gasteiger partial charge on any atom is -0.493 e. The van der Waals surface area contributed by atoms with E-state index in [2.05, 4.69) is 0 Å². The van der Waals surface area contributed by atoms with Crippen molar-refractivity contribution >= 4 is 10.1 Å². The highest BCUT2D eigenvalue weighted by Crippen LogP contribution is 2.25. The van der Waals surface area contributed by atoms with E-state index in [0.29, 0.717) is 11.5 Å². The van der Waals surface area contributed by atoms with E-state index in [9.17, 15) is 13.5 Å². The van der Waals surface area contributed by atoms with Crippen LogP contribution in [0.3, 0.4) is 0 Å². The molecule has 1 aromatic rings. The van der Waals surface area contributed by atoms with Crippen molar-refractivity contribution in [1.82, 2.24) is 0 Å². The number of aliphatic hydroxyl groups is 1. The van der Waals surface area contributed by atoms with Crippen LogP contribution in [0.4, 0.5) is 0 Å². The number of hydrogen-bond donors (Lipinski definition) is 2. The molecular formula is C10H14O6S. The van der Waals surface area contributed by atoms with Crippen LogP contribution >= 0.6 is 0 Å². The van der Waals surface area contributed by atoms with Gasteiger partial charge >= 0.3 is 0 Å². The molecule has 6 nitrogen and oxygen atoms in total. The van der Waals surface area contributed by atoms with Crippen LogP contribution in [0.25, 0.3) is 0 Å². The lowest BCUT2D eigenvalue weighted by molar-refractivity contribution is 0.121. The number of benzene rings is 1. The van der Waals surface area contributed by atoms with Crippen LogP contribution in [0.1, 0.15) is 0 Å². The monoisotopic (exact) mass is 262 g/mol. The lowest BCUT2D eigenvalue weighted by Crippen LogP contribution is -2.26. The molecule has 0 radical (unpaired) electrons. The quantitative estimate of drug-likeness (QED) is 0.717. The van der Waals surface area contributed by atoms with Crippen molar-refractivity contribution in [2.75, 3.05) is 19.5 Å². The Morgan fingerprint density at radius 3 is 2.41 bits per heavy atom. The van der Waals surface area contributed by atoms with Crippen molar-refractivity contribution < 1.29 is 27.6 Å². The zero-order valence-corrected chi connectivity index (χ0v) is 10.1. The van der Waals surface area contributed by atoms with Crippen molar-refractivity contribution in [1.29, 1.82) is 0 Å². The fraction of sp³-hybridized carbons (Fsp3) is 0.400. The van der Waals surface area contributed by atoms with Crippen LogP contribution < -0.4 is 9.47 Å². The molecule has 0 heterocycles. The summed E-state index contributed by atoms with van der Waals surface area (Å²) in [5, 5.41) is 9.30. The lowest BCUT2D eigenvalue weighted by atomic mass is 10.3. The zero-order chi connectivity index (χ0) is 12.9. The van der Waals surface area contributed by atoms with Crippen molar-refractivity contribution in [3.8, 4) is 11.5 Å². The van der Waals surface area contributed by atoms with Gasteiger partial charge in [-0.2, -0.15) is 8.42 Å². The zero-order valence-electron chi connectivity index (χ0n) is 9.24. The molecule has 0 bridgehead atoms. The lowest BCUT2D eigenvalue weighted by Gasteiger charge is -2.13. The summed E-state index contributed by atoms with van der Waals surface area (Å²) in [6.45, 7) is -0.250. The summed E-state index contributed by atoms with van der Waals surface area (Å²) in [5.41, 5.74) is 0. The van der Waals surface area contributed by atoms with Crippen LogP contribution in [0.5, 0.6) is 11.5 Å². The SMILES string of the molecule is COc1ccccc1OC[C@@H](O)CS(=O)(=O)O. The van der Waals surface area contributed by atoms with E-state index in [4.69, 9.17) is 14.0 Å². The van der Waals surface area contributed by atoms with Crippen LogP contribution in [0.2, 0.25) is 0 Å². The molecule has 0 aliphatic carbocycles. The summed E-state index contributed by atoms with van der Waals surface area (Å²) < 4.78 is 39.7. The number of methoxy groups -OCH3 is 1. The van der Waals surface area contributed by atoms with Crippen LogP contribution in [0.15, 0.2) is 24.3 Å². The van der Waals surface area contributed by atoms with Crippen LogP contribution in [-0.4, -0.2) is 43.7 Å². The van der Waals surface area contributed by atoms with E-state index in [0.717, 1.165) is 0 Å². The Kier molecular flexibility index (Phi) is 4.73. The predicted molar refractivity (Wildman–Crippen MR) is 60.9 cm³/mol. The van der Waals surface area contributed by atoms with E-state index in [1.165, 1.54) is 7.11 Å². The third kappa shape index (κ3) is 5.03. The molecule has 0 spiro atoms. The molecule has 2 N–H and O–H groups in total. The second-order valence-electron chi connectivity index (χ2n) is 3.36. The standard InChI is InChI=1S/C10H14O6S/c1-15-9-4-2-3-5-10(9)16-6-8(11)7-17(12,13)14/h2-5,8,11H,6-7H2,1H3,(H,12,13,14)/t8-/m1/s1. The van der Waals surface area contributed by atoms with Gasteiger partial charge in [0.15, 0.2) is 11.5 Å².